The minimum Gasteiger partial charge on any atom is -0.467 e. The molecule has 0 aromatic carbocycles. The fourth-order valence-corrected chi connectivity index (χ4v) is 1.53. The van der Waals surface area contributed by atoms with Crippen molar-refractivity contribution < 1.29 is 22.7 Å². The van der Waals surface area contributed by atoms with Gasteiger partial charge in [0, 0.05) is 12.3 Å². The summed E-state index contributed by atoms with van der Waals surface area (Å²) in [5.74, 6) is -0.751. The Hall–Kier alpha value is -1.79. The number of rotatable bonds is 3. The molecule has 0 bridgehead atoms. The van der Waals surface area contributed by atoms with E-state index in [9.17, 15) is 22.8 Å². The predicted molar refractivity (Wildman–Crippen MR) is 57.0 cm³/mol. The predicted octanol–water partition coefficient (Wildman–Crippen LogP) is 1.99. The van der Waals surface area contributed by atoms with Crippen LogP contribution in [0.2, 0.25) is 0 Å². The molecular formula is C11H12F3NO3. The fourth-order valence-electron chi connectivity index (χ4n) is 1.53. The lowest BCUT2D eigenvalue weighted by Crippen LogP contribution is -2.30. The van der Waals surface area contributed by atoms with Crippen LogP contribution in [0.3, 0.4) is 0 Å². The minimum atomic E-state index is -4.57. The van der Waals surface area contributed by atoms with E-state index in [-0.39, 0.29) is 6.42 Å². The summed E-state index contributed by atoms with van der Waals surface area (Å²) in [4.78, 5) is 22.9. The molecule has 4 nitrogen and oxygen atoms in total. The van der Waals surface area contributed by atoms with Crippen LogP contribution in [0.15, 0.2) is 23.1 Å². The molecule has 1 unspecified atom stereocenters. The number of halogens is 3. The molecule has 18 heavy (non-hydrogen) atoms. The van der Waals surface area contributed by atoms with Crippen molar-refractivity contribution in [3.63, 3.8) is 0 Å². The summed E-state index contributed by atoms with van der Waals surface area (Å²) >= 11 is 0. The van der Waals surface area contributed by atoms with Gasteiger partial charge in [0.2, 0.25) is 0 Å². The Morgan fingerprint density at radius 2 is 2.06 bits per heavy atom. The van der Waals surface area contributed by atoms with E-state index in [4.69, 9.17) is 0 Å². The zero-order valence-electron chi connectivity index (χ0n) is 9.82. The normalized spacial score (nSPS) is 13.2. The number of nitrogens with zero attached hydrogens (tertiary/aromatic N) is 1. The van der Waals surface area contributed by atoms with E-state index in [1.54, 1.807) is 6.92 Å². The summed E-state index contributed by atoms with van der Waals surface area (Å²) in [6, 6.07) is 0.418. The Bertz CT molecular complexity index is 493. The topological polar surface area (TPSA) is 48.3 Å². The Morgan fingerprint density at radius 1 is 1.44 bits per heavy atom. The number of carbonyl (C=O) groups excluding carboxylic acids is 1. The number of hydrogen-bond acceptors (Lipinski definition) is 3. The average Bonchev–Trinajstić information content (AvgIpc) is 2.30. The van der Waals surface area contributed by atoms with Crippen LogP contribution >= 0.6 is 0 Å². The molecule has 1 aromatic heterocycles. The summed E-state index contributed by atoms with van der Waals surface area (Å²) in [7, 11) is 1.11. The lowest BCUT2D eigenvalue weighted by Gasteiger charge is -2.17. The minimum absolute atomic E-state index is 0.161. The summed E-state index contributed by atoms with van der Waals surface area (Å²) < 4.78 is 42.8. The summed E-state index contributed by atoms with van der Waals surface area (Å²) in [6.07, 6.45) is -3.77. The fraction of sp³-hybridized carbons (Fsp3) is 0.455. The lowest BCUT2D eigenvalue weighted by molar-refractivity contribution is -0.145. The molecule has 0 N–H and O–H groups in total. The maximum Gasteiger partial charge on any atom is 0.417 e. The molecule has 0 radical (unpaired) electrons. The number of esters is 1. The van der Waals surface area contributed by atoms with E-state index < -0.39 is 29.3 Å². The zero-order valence-corrected chi connectivity index (χ0v) is 9.82. The zero-order chi connectivity index (χ0) is 13.9. The van der Waals surface area contributed by atoms with E-state index in [2.05, 4.69) is 4.74 Å². The van der Waals surface area contributed by atoms with Crippen LogP contribution in [-0.4, -0.2) is 17.6 Å². The second-order valence-electron chi connectivity index (χ2n) is 3.61. The van der Waals surface area contributed by atoms with Gasteiger partial charge >= 0.3 is 12.1 Å². The van der Waals surface area contributed by atoms with E-state index in [0.29, 0.717) is 12.3 Å². The van der Waals surface area contributed by atoms with Gasteiger partial charge in [0.1, 0.15) is 6.04 Å². The smallest absolute Gasteiger partial charge is 0.417 e. The number of hydrogen-bond donors (Lipinski definition) is 0. The molecule has 0 aliphatic heterocycles. The number of aromatic nitrogens is 1. The molecule has 0 aliphatic rings. The number of ether oxygens (including phenoxy) is 1. The molecule has 0 spiro atoms. The molecule has 100 valence electrons. The first-order chi connectivity index (χ1) is 8.31. The summed E-state index contributed by atoms with van der Waals surface area (Å²) in [5, 5.41) is 0. The molecule has 0 amide bonds. The number of pyridine rings is 1. The highest BCUT2D eigenvalue weighted by atomic mass is 19.4. The van der Waals surface area contributed by atoms with Crippen LogP contribution in [-0.2, 0) is 15.7 Å². The molecule has 0 saturated heterocycles. The first kappa shape index (κ1) is 14.3. The first-order valence-corrected chi connectivity index (χ1v) is 5.18. The second kappa shape index (κ2) is 5.24. The number of methoxy groups -OCH3 is 1. The summed E-state index contributed by atoms with van der Waals surface area (Å²) in [5.41, 5.74) is -1.66. The van der Waals surface area contributed by atoms with Gasteiger partial charge in [0.05, 0.1) is 12.7 Å². The highest BCUT2D eigenvalue weighted by Gasteiger charge is 2.32. The quantitative estimate of drug-likeness (QED) is 0.783. The van der Waals surface area contributed by atoms with Crippen molar-refractivity contribution in [2.45, 2.75) is 25.6 Å². The molecule has 0 aliphatic carbocycles. The van der Waals surface area contributed by atoms with Gasteiger partial charge < -0.3 is 9.30 Å². The molecule has 1 atom stereocenters. The first-order valence-electron chi connectivity index (χ1n) is 5.18. The van der Waals surface area contributed by atoms with Gasteiger partial charge in [-0.25, -0.2) is 4.79 Å². The van der Waals surface area contributed by atoms with Gasteiger partial charge in [-0.15, -0.1) is 0 Å². The number of carbonyl (C=O) groups is 1. The summed E-state index contributed by atoms with van der Waals surface area (Å²) in [6.45, 7) is 1.58. The Balaban J connectivity index is 3.30. The third-order valence-corrected chi connectivity index (χ3v) is 2.46. The molecule has 1 aromatic rings. The van der Waals surface area contributed by atoms with Gasteiger partial charge in [-0.2, -0.15) is 13.2 Å². The van der Waals surface area contributed by atoms with Crippen molar-refractivity contribution in [3.8, 4) is 0 Å². The molecule has 0 saturated carbocycles. The van der Waals surface area contributed by atoms with Crippen LogP contribution in [0.5, 0.6) is 0 Å². The maximum atomic E-state index is 12.5. The monoisotopic (exact) mass is 263 g/mol. The van der Waals surface area contributed by atoms with Crippen LogP contribution in [0, 0.1) is 0 Å². The van der Waals surface area contributed by atoms with Crippen LogP contribution < -0.4 is 5.56 Å². The lowest BCUT2D eigenvalue weighted by atomic mass is 10.2. The highest BCUT2D eigenvalue weighted by molar-refractivity contribution is 5.74. The van der Waals surface area contributed by atoms with Crippen LogP contribution in [0.25, 0.3) is 0 Å². The Morgan fingerprint density at radius 3 is 2.50 bits per heavy atom. The maximum absolute atomic E-state index is 12.5. The van der Waals surface area contributed by atoms with Gasteiger partial charge in [-0.3, -0.25) is 4.79 Å². The van der Waals surface area contributed by atoms with Gasteiger partial charge in [-0.05, 0) is 12.5 Å². The third-order valence-electron chi connectivity index (χ3n) is 2.46. The second-order valence-corrected chi connectivity index (χ2v) is 3.61. The molecule has 0 fully saturated rings. The molecule has 1 rings (SSSR count). The van der Waals surface area contributed by atoms with Crippen LogP contribution in [0.4, 0.5) is 13.2 Å². The van der Waals surface area contributed by atoms with Gasteiger partial charge in [0.25, 0.3) is 5.56 Å². The molecule has 7 heteroatoms. The van der Waals surface area contributed by atoms with Crippen molar-refractivity contribution in [3.05, 3.63) is 34.2 Å². The van der Waals surface area contributed by atoms with Gasteiger partial charge in [0.15, 0.2) is 0 Å². The highest BCUT2D eigenvalue weighted by Crippen LogP contribution is 2.28. The number of alkyl halides is 3. The van der Waals surface area contributed by atoms with Crippen molar-refractivity contribution >= 4 is 5.97 Å². The molecular weight excluding hydrogens is 251 g/mol. The Labute approximate surface area is 101 Å². The standard InChI is InChI=1S/C11H12F3NO3/c1-3-8(10(17)18-2)15-6-7(11(12,13)14)4-5-9(15)16/h4-6,8H,3H2,1-2H3. The van der Waals surface area contributed by atoms with E-state index in [0.717, 1.165) is 17.7 Å². The third kappa shape index (κ3) is 2.91. The Kier molecular flexibility index (Phi) is 4.15. The SMILES string of the molecule is CCC(C(=O)OC)n1cc(C(F)(F)F)ccc1=O. The van der Waals surface area contributed by atoms with E-state index in [1.807, 2.05) is 0 Å². The van der Waals surface area contributed by atoms with E-state index in [1.165, 1.54) is 0 Å². The van der Waals surface area contributed by atoms with Crippen molar-refractivity contribution in [2.75, 3.05) is 7.11 Å². The van der Waals surface area contributed by atoms with Crippen molar-refractivity contribution in [1.82, 2.24) is 4.57 Å². The largest absolute Gasteiger partial charge is 0.467 e. The van der Waals surface area contributed by atoms with Crippen LogP contribution in [0.1, 0.15) is 24.9 Å². The van der Waals surface area contributed by atoms with Crippen molar-refractivity contribution in [2.24, 2.45) is 0 Å². The average molecular weight is 263 g/mol. The van der Waals surface area contributed by atoms with Crippen molar-refractivity contribution in [1.29, 1.82) is 0 Å². The van der Waals surface area contributed by atoms with E-state index >= 15 is 0 Å². The van der Waals surface area contributed by atoms with Gasteiger partial charge in [-0.1, -0.05) is 6.92 Å². The molecule has 1 heterocycles.